The van der Waals surface area contributed by atoms with Crippen LogP contribution in [0.2, 0.25) is 0 Å². The Labute approximate surface area is 129 Å². The van der Waals surface area contributed by atoms with Gasteiger partial charge in [-0.3, -0.25) is 9.59 Å². The van der Waals surface area contributed by atoms with Gasteiger partial charge in [-0.15, -0.1) is 21.5 Å². The van der Waals surface area contributed by atoms with Crippen molar-refractivity contribution in [3.8, 4) is 0 Å². The second-order valence-electron chi connectivity index (χ2n) is 4.48. The van der Waals surface area contributed by atoms with E-state index >= 15 is 0 Å². The lowest BCUT2D eigenvalue weighted by Gasteiger charge is -2.09. The van der Waals surface area contributed by atoms with Crippen molar-refractivity contribution in [3.05, 3.63) is 23.3 Å². The summed E-state index contributed by atoms with van der Waals surface area (Å²) in [6.07, 6.45) is 1.63. The van der Waals surface area contributed by atoms with Gasteiger partial charge < -0.3 is 15.6 Å². The number of rotatable bonds is 6. The van der Waals surface area contributed by atoms with E-state index in [0.717, 1.165) is 0 Å². The first-order chi connectivity index (χ1) is 9.99. The van der Waals surface area contributed by atoms with Crippen molar-refractivity contribution < 1.29 is 9.59 Å². The van der Waals surface area contributed by atoms with Crippen molar-refractivity contribution in [2.45, 2.75) is 25.0 Å². The summed E-state index contributed by atoms with van der Waals surface area (Å²) < 4.78 is 1.89. The van der Waals surface area contributed by atoms with Crippen LogP contribution in [-0.2, 0) is 4.79 Å². The number of nitrogens with zero attached hydrogens (tertiary/aromatic N) is 3. The number of carbonyl (C=O) groups excluding carboxylic acids is 2. The van der Waals surface area contributed by atoms with E-state index in [4.69, 9.17) is 5.73 Å². The normalized spacial score (nSPS) is 10.8. The first-order valence-electron chi connectivity index (χ1n) is 6.18. The fourth-order valence-corrected chi connectivity index (χ4v) is 3.24. The maximum absolute atomic E-state index is 11.9. The third-order valence-electron chi connectivity index (χ3n) is 2.61. The van der Waals surface area contributed by atoms with E-state index in [1.54, 1.807) is 17.8 Å². The number of anilines is 1. The smallest absolute Gasteiger partial charge is 0.251 e. The predicted molar refractivity (Wildman–Crippen MR) is 82.6 cm³/mol. The van der Waals surface area contributed by atoms with Crippen LogP contribution in [0.4, 0.5) is 5.00 Å². The minimum Gasteiger partial charge on any atom is -0.366 e. The summed E-state index contributed by atoms with van der Waals surface area (Å²) in [7, 11) is 0. The molecule has 0 aliphatic heterocycles. The zero-order chi connectivity index (χ0) is 15.4. The third-order valence-corrected chi connectivity index (χ3v) is 4.40. The summed E-state index contributed by atoms with van der Waals surface area (Å²) in [6.45, 7) is 4.02. The van der Waals surface area contributed by atoms with Crippen LogP contribution in [0, 0.1) is 0 Å². The van der Waals surface area contributed by atoms with Crippen molar-refractivity contribution >= 4 is 39.9 Å². The second kappa shape index (κ2) is 6.72. The number of nitrogens with two attached hydrogens (primary N) is 1. The fourth-order valence-electron chi connectivity index (χ4n) is 1.58. The number of carbonyl (C=O) groups is 2. The summed E-state index contributed by atoms with van der Waals surface area (Å²) >= 11 is 2.55. The molecular formula is C12H15N5O2S2. The Bertz CT molecular complexity index is 650. The molecule has 0 spiro atoms. The minimum absolute atomic E-state index is 0.182. The highest BCUT2D eigenvalue weighted by Crippen LogP contribution is 2.24. The maximum atomic E-state index is 11.9. The molecule has 0 aliphatic rings. The first kappa shape index (κ1) is 15.5. The third kappa shape index (κ3) is 3.82. The van der Waals surface area contributed by atoms with Gasteiger partial charge in [0.05, 0.1) is 11.3 Å². The number of hydrogen-bond acceptors (Lipinski definition) is 6. The Morgan fingerprint density at radius 3 is 2.95 bits per heavy atom. The van der Waals surface area contributed by atoms with Gasteiger partial charge in [0, 0.05) is 6.04 Å². The monoisotopic (exact) mass is 325 g/mol. The molecule has 112 valence electrons. The van der Waals surface area contributed by atoms with E-state index in [1.165, 1.54) is 23.1 Å². The lowest BCUT2D eigenvalue weighted by atomic mass is 10.3. The largest absolute Gasteiger partial charge is 0.366 e. The average molecular weight is 325 g/mol. The summed E-state index contributed by atoms with van der Waals surface area (Å²) in [5.41, 5.74) is 5.55. The molecule has 0 aromatic carbocycles. The number of primary amides is 1. The highest BCUT2D eigenvalue weighted by Gasteiger charge is 2.14. The second-order valence-corrected chi connectivity index (χ2v) is 6.34. The van der Waals surface area contributed by atoms with Crippen LogP contribution in [0.25, 0.3) is 0 Å². The quantitative estimate of drug-likeness (QED) is 0.788. The molecule has 0 saturated heterocycles. The predicted octanol–water partition coefficient (Wildman–Crippen LogP) is 1.75. The summed E-state index contributed by atoms with van der Waals surface area (Å²) in [4.78, 5) is 23.1. The molecule has 0 fully saturated rings. The van der Waals surface area contributed by atoms with Crippen LogP contribution in [0.5, 0.6) is 0 Å². The Hall–Kier alpha value is -1.87. The number of amides is 2. The van der Waals surface area contributed by atoms with Crippen LogP contribution in [-0.4, -0.2) is 32.3 Å². The van der Waals surface area contributed by atoms with E-state index in [2.05, 4.69) is 15.5 Å². The van der Waals surface area contributed by atoms with Gasteiger partial charge in [-0.25, -0.2) is 0 Å². The van der Waals surface area contributed by atoms with Gasteiger partial charge in [-0.1, -0.05) is 11.8 Å². The lowest BCUT2D eigenvalue weighted by Crippen LogP contribution is -2.18. The Morgan fingerprint density at radius 1 is 1.52 bits per heavy atom. The molecule has 3 N–H and O–H groups in total. The molecule has 0 radical (unpaired) electrons. The van der Waals surface area contributed by atoms with Gasteiger partial charge >= 0.3 is 0 Å². The summed E-state index contributed by atoms with van der Waals surface area (Å²) in [5.74, 6) is -0.594. The molecule has 0 bridgehead atoms. The van der Waals surface area contributed by atoms with Crippen molar-refractivity contribution in [2.75, 3.05) is 11.1 Å². The zero-order valence-corrected chi connectivity index (χ0v) is 13.2. The van der Waals surface area contributed by atoms with Gasteiger partial charge in [0.1, 0.15) is 11.3 Å². The Kier molecular flexibility index (Phi) is 4.97. The van der Waals surface area contributed by atoms with Gasteiger partial charge in [0.15, 0.2) is 5.16 Å². The van der Waals surface area contributed by atoms with Crippen LogP contribution in [0.3, 0.4) is 0 Å². The molecule has 0 atom stereocenters. The lowest BCUT2D eigenvalue weighted by molar-refractivity contribution is -0.113. The number of nitrogens with one attached hydrogen (secondary N) is 1. The summed E-state index contributed by atoms with van der Waals surface area (Å²) in [5, 5.41) is 13.4. The van der Waals surface area contributed by atoms with Crippen molar-refractivity contribution in [1.82, 2.24) is 14.8 Å². The number of thioether (sulfide) groups is 1. The number of hydrogen-bond donors (Lipinski definition) is 2. The SMILES string of the molecule is CC(C)n1cnnc1SCC(=O)Nc1sccc1C(N)=O. The van der Waals surface area contributed by atoms with Crippen LogP contribution < -0.4 is 11.1 Å². The zero-order valence-electron chi connectivity index (χ0n) is 11.6. The molecule has 2 rings (SSSR count). The number of aromatic nitrogens is 3. The molecule has 0 saturated carbocycles. The van der Waals surface area contributed by atoms with E-state index < -0.39 is 5.91 Å². The van der Waals surface area contributed by atoms with Crippen LogP contribution in [0.1, 0.15) is 30.2 Å². The highest BCUT2D eigenvalue weighted by molar-refractivity contribution is 7.99. The van der Waals surface area contributed by atoms with Crippen LogP contribution in [0.15, 0.2) is 22.9 Å². The molecular weight excluding hydrogens is 310 g/mol. The molecule has 2 aromatic rings. The topological polar surface area (TPSA) is 103 Å². The molecule has 9 heteroatoms. The van der Waals surface area contributed by atoms with E-state index in [-0.39, 0.29) is 17.7 Å². The van der Waals surface area contributed by atoms with Crippen molar-refractivity contribution in [1.29, 1.82) is 0 Å². The van der Waals surface area contributed by atoms with E-state index in [0.29, 0.717) is 15.7 Å². The molecule has 2 heterocycles. The summed E-state index contributed by atoms with van der Waals surface area (Å²) in [6, 6.07) is 1.81. The van der Waals surface area contributed by atoms with Gasteiger partial charge in [0.25, 0.3) is 5.91 Å². The standard InChI is InChI=1S/C12H15N5O2S2/c1-7(2)17-6-14-16-12(17)21-5-9(18)15-11-8(10(13)19)3-4-20-11/h3-4,6-7H,5H2,1-2H3,(H2,13,19)(H,15,18). The number of thiophene rings is 1. The maximum Gasteiger partial charge on any atom is 0.251 e. The minimum atomic E-state index is -0.557. The van der Waals surface area contributed by atoms with E-state index in [1.807, 2.05) is 18.4 Å². The van der Waals surface area contributed by atoms with E-state index in [9.17, 15) is 9.59 Å². The van der Waals surface area contributed by atoms with Crippen molar-refractivity contribution in [3.63, 3.8) is 0 Å². The Morgan fingerprint density at radius 2 is 2.29 bits per heavy atom. The molecule has 2 aromatic heterocycles. The van der Waals surface area contributed by atoms with Crippen molar-refractivity contribution in [2.24, 2.45) is 5.73 Å². The van der Waals surface area contributed by atoms with Gasteiger partial charge in [-0.05, 0) is 25.3 Å². The first-order valence-corrected chi connectivity index (χ1v) is 8.05. The van der Waals surface area contributed by atoms with Crippen LogP contribution >= 0.6 is 23.1 Å². The van der Waals surface area contributed by atoms with Gasteiger partial charge in [0.2, 0.25) is 5.91 Å². The molecule has 2 amide bonds. The fraction of sp³-hybridized carbons (Fsp3) is 0.333. The highest BCUT2D eigenvalue weighted by atomic mass is 32.2. The van der Waals surface area contributed by atoms with Gasteiger partial charge in [-0.2, -0.15) is 0 Å². The average Bonchev–Trinajstić information content (AvgIpc) is 3.04. The molecule has 21 heavy (non-hydrogen) atoms. The Balaban J connectivity index is 1.95. The molecule has 0 aliphatic carbocycles. The molecule has 0 unspecified atom stereocenters. The molecule has 7 nitrogen and oxygen atoms in total.